The number of hydrogen-bond donors (Lipinski definition) is 2. The molecule has 0 aliphatic carbocycles. The number of carbonyl (C=O) groups excluding carboxylic acids is 1. The van der Waals surface area contributed by atoms with Crippen molar-refractivity contribution in [2.45, 2.75) is 16.8 Å². The zero-order valence-corrected chi connectivity index (χ0v) is 13.5. The van der Waals surface area contributed by atoms with Crippen molar-refractivity contribution in [2.75, 3.05) is 33.4 Å². The van der Waals surface area contributed by atoms with E-state index in [1.54, 1.807) is 7.11 Å². The Morgan fingerprint density at radius 2 is 2.43 bits per heavy atom. The van der Waals surface area contributed by atoms with Crippen LogP contribution in [0, 0.1) is 5.92 Å². The Balaban J connectivity index is 1.99. The van der Waals surface area contributed by atoms with E-state index < -0.39 is 16.3 Å². The highest BCUT2D eigenvalue weighted by atomic mass is 35.5. The number of hydrogen-bond acceptors (Lipinski definition) is 4. The maximum Gasteiger partial charge on any atom is 0.241 e. The molecule has 2 aliphatic rings. The van der Waals surface area contributed by atoms with Crippen molar-refractivity contribution in [1.29, 1.82) is 0 Å². The van der Waals surface area contributed by atoms with Crippen LogP contribution in [0.3, 0.4) is 0 Å². The van der Waals surface area contributed by atoms with Crippen LogP contribution < -0.4 is 11.1 Å². The highest BCUT2D eigenvalue weighted by Crippen LogP contribution is 2.37. The van der Waals surface area contributed by atoms with Crippen molar-refractivity contribution in [3.8, 4) is 0 Å². The van der Waals surface area contributed by atoms with Gasteiger partial charge in [-0.05, 0) is 30.2 Å². The van der Waals surface area contributed by atoms with E-state index in [4.69, 9.17) is 33.7 Å². The van der Waals surface area contributed by atoms with Crippen LogP contribution in [0.4, 0.5) is 0 Å². The number of amides is 1. The molecule has 1 fully saturated rings. The first kappa shape index (κ1) is 16.6. The number of carbonyl (C=O) groups is 1. The average molecular weight is 334 g/mol. The quantitative estimate of drug-likeness (QED) is 0.582. The Morgan fingerprint density at radius 1 is 1.67 bits per heavy atom. The Labute approximate surface area is 135 Å². The third-order valence-electron chi connectivity index (χ3n) is 3.99. The number of rotatable bonds is 5. The number of halogens is 2. The van der Waals surface area contributed by atoms with Crippen molar-refractivity contribution in [3.05, 3.63) is 23.9 Å². The van der Waals surface area contributed by atoms with E-state index in [1.165, 1.54) is 0 Å². The lowest BCUT2D eigenvalue weighted by atomic mass is 9.83. The van der Waals surface area contributed by atoms with Crippen LogP contribution in [-0.4, -0.2) is 54.5 Å². The SMILES string of the molecule is COCCN1C=CC(C2CNC(Cl)C(Cl)(C(N)=O)C2)=CC1. The van der Waals surface area contributed by atoms with Crippen LogP contribution in [0.25, 0.3) is 0 Å². The molecule has 118 valence electrons. The first-order valence-electron chi connectivity index (χ1n) is 6.95. The fourth-order valence-corrected chi connectivity index (χ4v) is 3.17. The van der Waals surface area contributed by atoms with E-state index >= 15 is 0 Å². The molecule has 7 heteroatoms. The number of allylic oxidation sites excluding steroid dienone is 1. The van der Waals surface area contributed by atoms with Gasteiger partial charge in [0.25, 0.3) is 0 Å². The molecule has 1 amide bonds. The topological polar surface area (TPSA) is 67.6 Å². The second kappa shape index (κ2) is 7.01. The summed E-state index contributed by atoms with van der Waals surface area (Å²) in [6, 6.07) is 0. The molecule has 2 rings (SSSR count). The third-order valence-corrected chi connectivity index (χ3v) is 5.19. The minimum atomic E-state index is -1.24. The lowest BCUT2D eigenvalue weighted by Gasteiger charge is -2.39. The van der Waals surface area contributed by atoms with Crippen LogP contribution in [0.1, 0.15) is 6.42 Å². The van der Waals surface area contributed by atoms with Crippen LogP contribution in [0.15, 0.2) is 23.9 Å². The summed E-state index contributed by atoms with van der Waals surface area (Å²) < 4.78 is 5.06. The monoisotopic (exact) mass is 333 g/mol. The highest BCUT2D eigenvalue weighted by molar-refractivity contribution is 6.40. The van der Waals surface area contributed by atoms with Gasteiger partial charge < -0.3 is 15.4 Å². The predicted molar refractivity (Wildman–Crippen MR) is 84.2 cm³/mol. The Kier molecular flexibility index (Phi) is 5.54. The second-order valence-corrected chi connectivity index (χ2v) is 6.52. The van der Waals surface area contributed by atoms with Gasteiger partial charge in [0, 0.05) is 26.7 Å². The second-order valence-electron chi connectivity index (χ2n) is 5.41. The fraction of sp³-hybridized carbons (Fsp3) is 0.643. The van der Waals surface area contributed by atoms with Crippen LogP contribution in [0.2, 0.25) is 0 Å². The van der Waals surface area contributed by atoms with E-state index in [1.807, 2.05) is 6.20 Å². The molecular formula is C14H21Cl2N3O2. The highest BCUT2D eigenvalue weighted by Gasteiger charge is 2.47. The minimum absolute atomic E-state index is 0.130. The molecule has 21 heavy (non-hydrogen) atoms. The van der Waals surface area contributed by atoms with E-state index in [0.29, 0.717) is 19.6 Å². The molecule has 2 aliphatic heterocycles. The molecule has 3 unspecified atom stereocenters. The number of primary amides is 1. The fourth-order valence-electron chi connectivity index (χ4n) is 2.62. The maximum absolute atomic E-state index is 11.6. The van der Waals surface area contributed by atoms with Crippen LogP contribution >= 0.6 is 23.2 Å². The van der Waals surface area contributed by atoms with Gasteiger partial charge in [-0.3, -0.25) is 10.1 Å². The summed E-state index contributed by atoms with van der Waals surface area (Å²) in [7, 11) is 1.69. The first-order chi connectivity index (χ1) is 9.97. The molecule has 0 spiro atoms. The molecular weight excluding hydrogens is 313 g/mol. The number of piperidine rings is 1. The Hall–Kier alpha value is -0.750. The molecule has 0 aromatic rings. The lowest BCUT2D eigenvalue weighted by Crippen LogP contribution is -2.58. The third kappa shape index (κ3) is 3.72. The Bertz CT molecular complexity index is 456. The number of ether oxygens (including phenoxy) is 1. The summed E-state index contributed by atoms with van der Waals surface area (Å²) in [5.74, 6) is -0.450. The van der Waals surface area contributed by atoms with Gasteiger partial charge in [0.15, 0.2) is 4.87 Å². The standard InChI is InChI=1S/C14H21Cl2N3O2/c1-21-7-6-19-4-2-10(3-5-19)11-8-14(16,13(17)20)12(15)18-9-11/h2-4,11-12,18H,5-9H2,1H3,(H2,17,20). The molecule has 3 N–H and O–H groups in total. The molecule has 0 aromatic heterocycles. The number of methoxy groups -OCH3 is 1. The molecule has 1 saturated heterocycles. The van der Waals surface area contributed by atoms with Crippen molar-refractivity contribution in [2.24, 2.45) is 11.7 Å². The Morgan fingerprint density at radius 3 is 3.00 bits per heavy atom. The maximum atomic E-state index is 11.6. The first-order valence-corrected chi connectivity index (χ1v) is 7.76. The summed E-state index contributed by atoms with van der Waals surface area (Å²) >= 11 is 12.4. The lowest BCUT2D eigenvalue weighted by molar-refractivity contribution is -0.121. The smallest absolute Gasteiger partial charge is 0.241 e. The molecule has 0 bridgehead atoms. The number of nitrogens with two attached hydrogens (primary N) is 1. The van der Waals surface area contributed by atoms with Gasteiger partial charge in [0.2, 0.25) is 5.91 Å². The summed E-state index contributed by atoms with van der Waals surface area (Å²) in [4.78, 5) is 12.5. The summed E-state index contributed by atoms with van der Waals surface area (Å²) in [5, 5.41) is 3.07. The number of nitrogens with one attached hydrogen (secondary N) is 1. The molecule has 0 aromatic carbocycles. The summed E-state index contributed by atoms with van der Waals surface area (Å²) in [6.45, 7) is 3.05. The predicted octanol–water partition coefficient (Wildman–Crippen LogP) is 1.03. The van der Waals surface area contributed by atoms with Crippen molar-refractivity contribution >= 4 is 29.1 Å². The molecule has 3 atom stereocenters. The van der Waals surface area contributed by atoms with Crippen LogP contribution in [0.5, 0.6) is 0 Å². The van der Waals surface area contributed by atoms with Gasteiger partial charge in [-0.15, -0.1) is 23.2 Å². The van der Waals surface area contributed by atoms with Gasteiger partial charge in [0.05, 0.1) is 6.61 Å². The minimum Gasteiger partial charge on any atom is -0.383 e. The number of nitrogens with zero attached hydrogens (tertiary/aromatic N) is 1. The van der Waals surface area contributed by atoms with Crippen molar-refractivity contribution in [3.63, 3.8) is 0 Å². The zero-order chi connectivity index (χ0) is 15.5. The van der Waals surface area contributed by atoms with Gasteiger partial charge in [-0.1, -0.05) is 6.08 Å². The normalized spacial score (nSPS) is 32.9. The van der Waals surface area contributed by atoms with Gasteiger partial charge in [0.1, 0.15) is 5.50 Å². The number of alkyl halides is 2. The summed E-state index contributed by atoms with van der Waals surface area (Å²) in [6.07, 6.45) is 6.69. The molecule has 0 saturated carbocycles. The van der Waals surface area contributed by atoms with E-state index in [0.717, 1.165) is 18.7 Å². The van der Waals surface area contributed by atoms with E-state index in [9.17, 15) is 4.79 Å². The van der Waals surface area contributed by atoms with E-state index in [-0.39, 0.29) is 5.92 Å². The summed E-state index contributed by atoms with van der Waals surface area (Å²) in [5.41, 5.74) is 5.92. The van der Waals surface area contributed by atoms with Gasteiger partial charge in [-0.2, -0.15) is 0 Å². The molecule has 2 heterocycles. The van der Waals surface area contributed by atoms with Crippen molar-refractivity contribution < 1.29 is 9.53 Å². The zero-order valence-electron chi connectivity index (χ0n) is 12.0. The van der Waals surface area contributed by atoms with E-state index in [2.05, 4.69) is 22.4 Å². The van der Waals surface area contributed by atoms with Crippen LogP contribution in [-0.2, 0) is 9.53 Å². The molecule has 0 radical (unpaired) electrons. The van der Waals surface area contributed by atoms with Gasteiger partial charge in [-0.25, -0.2) is 0 Å². The average Bonchev–Trinajstić information content (AvgIpc) is 2.48. The largest absolute Gasteiger partial charge is 0.383 e. The van der Waals surface area contributed by atoms with Crippen molar-refractivity contribution in [1.82, 2.24) is 10.2 Å². The van der Waals surface area contributed by atoms with Gasteiger partial charge >= 0.3 is 0 Å². The molecule has 5 nitrogen and oxygen atoms in total.